The molecule has 1 saturated heterocycles. The van der Waals surface area contributed by atoms with E-state index in [0.29, 0.717) is 24.0 Å². The molecule has 0 radical (unpaired) electrons. The Morgan fingerprint density at radius 1 is 0.950 bits per heavy atom. The highest BCUT2D eigenvalue weighted by Gasteiger charge is 2.22. The van der Waals surface area contributed by atoms with Crippen LogP contribution < -0.4 is 10.6 Å². The summed E-state index contributed by atoms with van der Waals surface area (Å²) in [4.78, 5) is 31.4. The first kappa shape index (κ1) is 26.2. The molecule has 2 aromatic carbocycles. The minimum Gasteiger partial charge on any atom is -0.367 e. The molecule has 2 aromatic heterocycles. The lowest BCUT2D eigenvalue weighted by atomic mass is 10.00. The maximum Gasteiger partial charge on any atom is 0.213 e. The molecule has 4 aromatic rings. The number of likely N-dealkylation sites (N-methyl/N-ethyl adjacent to an activating group) is 1. The molecule has 1 saturated carbocycles. The van der Waals surface area contributed by atoms with Crippen LogP contribution in [0.15, 0.2) is 67.3 Å². The van der Waals surface area contributed by atoms with E-state index in [1.54, 1.807) is 12.5 Å². The predicted molar refractivity (Wildman–Crippen MR) is 158 cm³/mol. The van der Waals surface area contributed by atoms with Gasteiger partial charge in [-0.05, 0) is 49.6 Å². The number of aromatic nitrogens is 4. The van der Waals surface area contributed by atoms with E-state index in [-0.39, 0.29) is 5.78 Å². The fourth-order valence-corrected chi connectivity index (χ4v) is 4.94. The number of carbonyl (C=O) groups excluding carboxylic acids is 1. The average Bonchev–Trinajstić information content (AvgIpc) is 3.66. The van der Waals surface area contributed by atoms with E-state index in [2.05, 4.69) is 66.7 Å². The van der Waals surface area contributed by atoms with E-state index in [0.717, 1.165) is 61.2 Å². The summed E-state index contributed by atoms with van der Waals surface area (Å²) >= 11 is 0. The first-order valence-corrected chi connectivity index (χ1v) is 14.0. The molecule has 6 rings (SSSR count). The lowest BCUT2D eigenvalue weighted by Gasteiger charge is -2.32. The number of rotatable bonds is 10. The number of hydrogen-bond acceptors (Lipinski definition) is 8. The van der Waals surface area contributed by atoms with Crippen LogP contribution in [-0.4, -0.2) is 74.4 Å². The summed E-state index contributed by atoms with van der Waals surface area (Å²) in [6, 6.07) is 16.7. The summed E-state index contributed by atoms with van der Waals surface area (Å²) in [5, 5.41) is 6.82. The fraction of sp³-hybridized carbons (Fsp3) is 0.355. The van der Waals surface area contributed by atoms with Crippen molar-refractivity contribution in [1.29, 1.82) is 0 Å². The molecule has 1 aliphatic heterocycles. The molecule has 3 heterocycles. The van der Waals surface area contributed by atoms with Gasteiger partial charge < -0.3 is 15.5 Å². The molecule has 0 amide bonds. The molecule has 2 N–H and O–H groups in total. The van der Waals surface area contributed by atoms with Crippen molar-refractivity contribution in [2.75, 3.05) is 43.9 Å². The molecular weight excluding hydrogens is 500 g/mol. The van der Waals surface area contributed by atoms with Gasteiger partial charge in [0.05, 0.1) is 0 Å². The fourth-order valence-electron chi connectivity index (χ4n) is 4.94. The van der Waals surface area contributed by atoms with E-state index in [1.165, 1.54) is 18.4 Å². The Hall–Kier alpha value is -4.08. The Bertz CT molecular complexity index is 1470. The number of aryl methyl sites for hydroxylation is 1. The monoisotopic (exact) mass is 536 g/mol. The minimum atomic E-state index is 0.0878. The largest absolute Gasteiger partial charge is 0.367 e. The Labute approximate surface area is 235 Å². The highest BCUT2D eigenvalue weighted by atomic mass is 16.1. The number of Topliss-reactive ketones (excluding diaryl/α,β-unsaturated/α-hetero) is 1. The normalized spacial score (nSPS) is 16.1. The zero-order valence-corrected chi connectivity index (χ0v) is 23.2. The number of piperazine rings is 1. The second kappa shape index (κ2) is 11.6. The van der Waals surface area contributed by atoms with Crippen LogP contribution in [0.5, 0.6) is 0 Å². The van der Waals surface area contributed by atoms with Gasteiger partial charge in [-0.1, -0.05) is 36.4 Å². The lowest BCUT2D eigenvalue weighted by Crippen LogP contribution is -2.43. The molecule has 0 unspecified atom stereocenters. The summed E-state index contributed by atoms with van der Waals surface area (Å²) in [5.41, 5.74) is 4.85. The molecule has 0 bridgehead atoms. The van der Waals surface area contributed by atoms with Crippen LogP contribution in [0.1, 0.15) is 39.9 Å². The van der Waals surface area contributed by atoms with Gasteiger partial charge in [0.15, 0.2) is 5.78 Å². The van der Waals surface area contributed by atoms with Crippen LogP contribution in [0.2, 0.25) is 0 Å². The topological polar surface area (TPSA) is 91.2 Å². The molecular formula is C31H36N8O. The number of nitrogens with one attached hydrogen (secondary N) is 2. The Morgan fingerprint density at radius 3 is 2.50 bits per heavy atom. The number of nitrogens with zero attached hydrogens (tertiary/aromatic N) is 6. The SMILES string of the molecule is Cc1ccc(C(=O)Cc2ccc(CN3CCN(C)CC3)cc2)cc1Nc1nccn1-c1cc(NC2CC2)ncn1. The van der Waals surface area contributed by atoms with Gasteiger partial charge in [0.25, 0.3) is 0 Å². The number of imidazole rings is 1. The Kier molecular flexibility index (Phi) is 7.57. The molecule has 1 aliphatic carbocycles. The van der Waals surface area contributed by atoms with E-state index >= 15 is 0 Å². The third-order valence-electron chi connectivity index (χ3n) is 7.67. The third kappa shape index (κ3) is 6.38. The van der Waals surface area contributed by atoms with Crippen molar-refractivity contribution in [2.24, 2.45) is 0 Å². The van der Waals surface area contributed by atoms with Crippen LogP contribution in [0.3, 0.4) is 0 Å². The van der Waals surface area contributed by atoms with Gasteiger partial charge in [0.2, 0.25) is 5.95 Å². The molecule has 40 heavy (non-hydrogen) atoms. The summed E-state index contributed by atoms with van der Waals surface area (Å²) in [6.07, 6.45) is 7.87. The molecule has 0 atom stereocenters. The Balaban J connectivity index is 1.12. The zero-order valence-electron chi connectivity index (χ0n) is 23.2. The van der Waals surface area contributed by atoms with Crippen molar-refractivity contribution in [3.05, 3.63) is 89.5 Å². The lowest BCUT2D eigenvalue weighted by molar-refractivity contribution is 0.0993. The van der Waals surface area contributed by atoms with Crippen molar-refractivity contribution in [3.63, 3.8) is 0 Å². The van der Waals surface area contributed by atoms with Gasteiger partial charge in [0, 0.05) is 74.9 Å². The minimum absolute atomic E-state index is 0.0878. The molecule has 2 aliphatic rings. The average molecular weight is 537 g/mol. The molecule has 9 nitrogen and oxygen atoms in total. The van der Waals surface area contributed by atoms with Crippen molar-refractivity contribution >= 4 is 23.2 Å². The van der Waals surface area contributed by atoms with Gasteiger partial charge >= 0.3 is 0 Å². The number of ketones is 1. The zero-order chi connectivity index (χ0) is 27.5. The van der Waals surface area contributed by atoms with Crippen LogP contribution >= 0.6 is 0 Å². The first-order valence-electron chi connectivity index (χ1n) is 14.0. The van der Waals surface area contributed by atoms with Gasteiger partial charge in [-0.2, -0.15) is 0 Å². The number of hydrogen-bond donors (Lipinski definition) is 2. The van der Waals surface area contributed by atoms with E-state index in [9.17, 15) is 4.79 Å². The summed E-state index contributed by atoms with van der Waals surface area (Å²) < 4.78 is 1.89. The third-order valence-corrected chi connectivity index (χ3v) is 7.67. The van der Waals surface area contributed by atoms with Crippen molar-refractivity contribution in [1.82, 2.24) is 29.3 Å². The van der Waals surface area contributed by atoms with Crippen LogP contribution in [0.25, 0.3) is 5.82 Å². The van der Waals surface area contributed by atoms with Crippen LogP contribution in [0, 0.1) is 6.92 Å². The second-order valence-electron chi connectivity index (χ2n) is 11.0. The predicted octanol–water partition coefficient (Wildman–Crippen LogP) is 4.46. The van der Waals surface area contributed by atoms with Gasteiger partial charge in [-0.25, -0.2) is 15.0 Å². The van der Waals surface area contributed by atoms with E-state index in [4.69, 9.17) is 0 Å². The number of anilines is 3. The smallest absolute Gasteiger partial charge is 0.213 e. The number of carbonyl (C=O) groups is 1. The van der Waals surface area contributed by atoms with Crippen molar-refractivity contribution in [3.8, 4) is 5.82 Å². The van der Waals surface area contributed by atoms with Crippen LogP contribution in [0.4, 0.5) is 17.5 Å². The van der Waals surface area contributed by atoms with E-state index < -0.39 is 0 Å². The maximum atomic E-state index is 13.2. The quantitative estimate of drug-likeness (QED) is 0.287. The maximum absolute atomic E-state index is 13.2. The van der Waals surface area contributed by atoms with Crippen molar-refractivity contribution in [2.45, 2.75) is 38.8 Å². The van der Waals surface area contributed by atoms with Crippen molar-refractivity contribution < 1.29 is 4.79 Å². The Morgan fingerprint density at radius 2 is 1.73 bits per heavy atom. The molecule has 2 fully saturated rings. The molecule has 0 spiro atoms. The van der Waals surface area contributed by atoms with Crippen LogP contribution in [-0.2, 0) is 13.0 Å². The van der Waals surface area contributed by atoms with Gasteiger partial charge in [-0.15, -0.1) is 0 Å². The van der Waals surface area contributed by atoms with Gasteiger partial charge in [-0.3, -0.25) is 14.3 Å². The highest BCUT2D eigenvalue weighted by Crippen LogP contribution is 2.26. The first-order chi connectivity index (χ1) is 19.5. The summed E-state index contributed by atoms with van der Waals surface area (Å²) in [7, 11) is 2.17. The summed E-state index contributed by atoms with van der Waals surface area (Å²) in [6.45, 7) is 7.39. The second-order valence-corrected chi connectivity index (χ2v) is 11.0. The number of benzene rings is 2. The van der Waals surface area contributed by atoms with Gasteiger partial charge in [0.1, 0.15) is 18.0 Å². The summed E-state index contributed by atoms with van der Waals surface area (Å²) in [5.74, 6) is 2.24. The van der Waals surface area contributed by atoms with E-state index in [1.807, 2.05) is 42.0 Å². The standard InChI is InChI=1S/C31H36N8O/c1-22-3-8-25(28(40)17-23-4-6-24(7-5-23)20-38-15-13-37(2)14-16-38)18-27(22)36-31-32-11-12-39(31)30-19-29(33-21-34-30)35-26-9-10-26/h3-8,11-12,18-19,21,26H,9-10,13-17,20H2,1-2H3,(H,32,36)(H,33,34,35). The highest BCUT2D eigenvalue weighted by molar-refractivity contribution is 5.98. The molecule has 206 valence electrons. The molecule has 9 heteroatoms.